The predicted octanol–water partition coefficient (Wildman–Crippen LogP) is 16.8. The second-order valence-corrected chi connectivity index (χ2v) is 24.9. The number of hydrogen-bond donors (Lipinski definition) is 0. The van der Waals surface area contributed by atoms with Gasteiger partial charge in [-0.25, -0.2) is 0 Å². The summed E-state index contributed by atoms with van der Waals surface area (Å²) >= 11 is 0. The van der Waals surface area contributed by atoms with Gasteiger partial charge in [0.15, 0.2) is 0 Å². The molecule has 6 nitrogen and oxygen atoms in total. The molecule has 0 heterocycles. The van der Waals surface area contributed by atoms with Crippen LogP contribution in [0.15, 0.2) is 11.6 Å². The molecule has 0 bridgehead atoms. The molecule has 374 valence electrons. The molecule has 5 aliphatic carbocycles. The molecule has 0 aromatic heterocycles. The molecule has 4 saturated carbocycles. The van der Waals surface area contributed by atoms with E-state index in [-0.39, 0.29) is 50.9 Å². The number of ether oxygens (including phenoxy) is 3. The minimum absolute atomic E-state index is 0.000151. The van der Waals surface area contributed by atoms with Crippen LogP contribution in [0.1, 0.15) is 274 Å². The average molecular weight is 907 g/mol. The summed E-state index contributed by atoms with van der Waals surface area (Å²) in [7, 11) is 1.59. The molecule has 65 heavy (non-hydrogen) atoms. The third-order valence-corrected chi connectivity index (χ3v) is 19.6. The highest BCUT2D eigenvalue weighted by molar-refractivity contribution is 5.78. The summed E-state index contributed by atoms with van der Waals surface area (Å²) in [6.45, 7) is 21.6. The topological polar surface area (TPSA) is 78.9 Å². The third-order valence-electron chi connectivity index (χ3n) is 19.6. The lowest BCUT2D eigenvalue weighted by Crippen LogP contribution is -2.67. The highest BCUT2D eigenvalue weighted by Crippen LogP contribution is 2.76. The minimum atomic E-state index is -0.467. The van der Waals surface area contributed by atoms with Crippen molar-refractivity contribution in [2.45, 2.75) is 286 Å². The average Bonchev–Trinajstić information content (AvgIpc) is 3.25. The number of allylic oxidation sites excluding steroid dienone is 2. The van der Waals surface area contributed by atoms with Crippen molar-refractivity contribution < 1.29 is 28.6 Å². The van der Waals surface area contributed by atoms with E-state index in [1.54, 1.807) is 7.11 Å². The van der Waals surface area contributed by atoms with E-state index in [9.17, 15) is 14.4 Å². The van der Waals surface area contributed by atoms with E-state index < -0.39 is 17.6 Å². The van der Waals surface area contributed by atoms with Crippen LogP contribution in [0.2, 0.25) is 0 Å². The molecule has 5 rings (SSSR count). The molecular weight excluding hydrogens is 805 g/mol. The summed E-state index contributed by atoms with van der Waals surface area (Å²) in [6, 6.07) is 0. The Kier molecular flexibility index (Phi) is 20.1. The first-order chi connectivity index (χ1) is 31.0. The molecule has 6 heteroatoms. The van der Waals surface area contributed by atoms with E-state index in [0.717, 1.165) is 83.5 Å². The Morgan fingerprint density at radius 3 is 1.55 bits per heavy atom. The first kappa shape index (κ1) is 54.1. The number of hydrogen-bond acceptors (Lipinski definition) is 6. The zero-order valence-electron chi connectivity index (χ0n) is 44.2. The summed E-state index contributed by atoms with van der Waals surface area (Å²) in [4.78, 5) is 41.6. The van der Waals surface area contributed by atoms with E-state index in [4.69, 9.17) is 14.2 Å². The monoisotopic (exact) mass is 907 g/mol. The molecule has 0 saturated heterocycles. The van der Waals surface area contributed by atoms with E-state index in [1.165, 1.54) is 121 Å². The van der Waals surface area contributed by atoms with Crippen LogP contribution in [0.3, 0.4) is 0 Å². The van der Waals surface area contributed by atoms with Gasteiger partial charge in [0.25, 0.3) is 0 Å². The van der Waals surface area contributed by atoms with Crippen molar-refractivity contribution in [3.63, 3.8) is 0 Å². The molecule has 0 N–H and O–H groups in total. The van der Waals surface area contributed by atoms with E-state index in [2.05, 4.69) is 68.4 Å². The molecular formula is C59H102O6. The van der Waals surface area contributed by atoms with Crippen LogP contribution in [0.5, 0.6) is 0 Å². The van der Waals surface area contributed by atoms with Crippen LogP contribution in [0, 0.1) is 50.2 Å². The predicted molar refractivity (Wildman–Crippen MR) is 268 cm³/mol. The number of carbonyl (C=O) groups is 3. The van der Waals surface area contributed by atoms with Crippen molar-refractivity contribution in [3.8, 4) is 0 Å². The standard InChI is InChI=1S/C59H102O6/c1-11-13-15-17-19-21-23-25-27-29-31-33-50(60)64-47-44-56(7)48(55(5,6)52(47)65-51(61)34-32-30-28-26-24-22-20-18-16-14-12-2)37-38-58(9)49(56)36-35-45-46-43-54(3,4)39-41-59(46,53(62)63-10)42-40-57(45,58)8/h35,46-49,52H,11-34,36-44H2,1-10H3/t46?,47-,48?,49?,52+,56+,57-,58-,59+/m1/s1. The SMILES string of the molecule is CCCCCCCCCCCCCC(=O)O[C@@H]1C[C@@]2(C)C(CC[C@]3(C)C2CC=C2C4CC(C)(C)CC[C@]4(C(=O)OC)CC[C@]23C)C(C)(C)[C@H]1OC(=O)CCCCCCCCCCCCC. The van der Waals surface area contributed by atoms with Gasteiger partial charge in [-0.2, -0.15) is 0 Å². The summed E-state index contributed by atoms with van der Waals surface area (Å²) in [5.41, 5.74) is 0.776. The van der Waals surface area contributed by atoms with Gasteiger partial charge in [-0.1, -0.05) is 202 Å². The minimum Gasteiger partial charge on any atom is -0.469 e. The Labute approximate surface area is 400 Å². The summed E-state index contributed by atoms with van der Waals surface area (Å²) in [5, 5.41) is 0. The van der Waals surface area contributed by atoms with Crippen LogP contribution in [0.25, 0.3) is 0 Å². The van der Waals surface area contributed by atoms with Crippen molar-refractivity contribution in [2.24, 2.45) is 50.2 Å². The zero-order valence-corrected chi connectivity index (χ0v) is 44.2. The molecule has 0 aliphatic heterocycles. The van der Waals surface area contributed by atoms with Gasteiger partial charge in [0.05, 0.1) is 12.5 Å². The molecule has 0 aromatic rings. The van der Waals surface area contributed by atoms with Crippen molar-refractivity contribution in [1.82, 2.24) is 0 Å². The van der Waals surface area contributed by atoms with Crippen LogP contribution in [0.4, 0.5) is 0 Å². The first-order valence-electron chi connectivity index (χ1n) is 28.1. The number of carbonyl (C=O) groups excluding carboxylic acids is 3. The highest BCUT2D eigenvalue weighted by atomic mass is 16.6. The van der Waals surface area contributed by atoms with Crippen LogP contribution in [-0.2, 0) is 28.6 Å². The molecule has 5 aliphatic rings. The normalized spacial score (nSPS) is 33.4. The number of fused-ring (bicyclic) bond motifs is 7. The van der Waals surface area contributed by atoms with Gasteiger partial charge in [0.2, 0.25) is 0 Å². The maximum absolute atomic E-state index is 13.9. The van der Waals surface area contributed by atoms with Gasteiger partial charge in [-0.05, 0) is 110 Å². The fraction of sp³-hybridized carbons (Fsp3) is 0.915. The Hall–Kier alpha value is -1.85. The second-order valence-electron chi connectivity index (χ2n) is 24.9. The molecule has 0 radical (unpaired) electrons. The molecule has 3 unspecified atom stereocenters. The number of methoxy groups -OCH3 is 1. The van der Waals surface area contributed by atoms with Crippen LogP contribution in [-0.4, -0.2) is 37.2 Å². The van der Waals surface area contributed by atoms with E-state index >= 15 is 0 Å². The Bertz CT molecular complexity index is 1540. The number of esters is 3. The van der Waals surface area contributed by atoms with Gasteiger partial charge < -0.3 is 14.2 Å². The van der Waals surface area contributed by atoms with Crippen molar-refractivity contribution in [1.29, 1.82) is 0 Å². The van der Waals surface area contributed by atoms with Crippen molar-refractivity contribution in [2.75, 3.05) is 7.11 Å². The zero-order chi connectivity index (χ0) is 47.4. The second kappa shape index (κ2) is 24.1. The smallest absolute Gasteiger partial charge is 0.312 e. The quantitative estimate of drug-likeness (QED) is 0.0354. The highest BCUT2D eigenvalue weighted by Gasteiger charge is 2.71. The van der Waals surface area contributed by atoms with Crippen molar-refractivity contribution >= 4 is 17.9 Å². The lowest BCUT2D eigenvalue weighted by molar-refractivity contribution is -0.245. The number of rotatable bonds is 27. The fourth-order valence-corrected chi connectivity index (χ4v) is 15.5. The first-order valence-corrected chi connectivity index (χ1v) is 28.1. The maximum Gasteiger partial charge on any atom is 0.312 e. The summed E-state index contributed by atoms with van der Waals surface area (Å²) in [6.07, 6.45) is 38.6. The van der Waals surface area contributed by atoms with Crippen LogP contribution < -0.4 is 0 Å². The van der Waals surface area contributed by atoms with Gasteiger partial charge in [-0.15, -0.1) is 0 Å². The Morgan fingerprint density at radius 2 is 1.05 bits per heavy atom. The maximum atomic E-state index is 13.9. The Morgan fingerprint density at radius 1 is 0.569 bits per heavy atom. The fourth-order valence-electron chi connectivity index (χ4n) is 15.5. The lowest BCUT2D eigenvalue weighted by atomic mass is 9.33. The van der Waals surface area contributed by atoms with Gasteiger partial charge >= 0.3 is 17.9 Å². The van der Waals surface area contributed by atoms with Crippen molar-refractivity contribution in [3.05, 3.63) is 11.6 Å². The van der Waals surface area contributed by atoms with Gasteiger partial charge in [-0.3, -0.25) is 14.4 Å². The van der Waals surface area contributed by atoms with Gasteiger partial charge in [0, 0.05) is 18.3 Å². The molecule has 0 amide bonds. The Balaban J connectivity index is 1.29. The third kappa shape index (κ3) is 12.5. The number of unbranched alkanes of at least 4 members (excludes halogenated alkanes) is 20. The molecule has 0 aromatic carbocycles. The largest absolute Gasteiger partial charge is 0.469 e. The van der Waals surface area contributed by atoms with E-state index in [1.807, 2.05) is 0 Å². The molecule has 9 atom stereocenters. The van der Waals surface area contributed by atoms with E-state index in [0.29, 0.717) is 24.7 Å². The molecule has 0 spiro atoms. The summed E-state index contributed by atoms with van der Waals surface area (Å²) < 4.78 is 18.9. The molecule has 4 fully saturated rings. The van der Waals surface area contributed by atoms with Crippen LogP contribution >= 0.6 is 0 Å². The summed E-state index contributed by atoms with van der Waals surface area (Å²) in [5.74, 6) is 0.651. The lowest BCUT2D eigenvalue weighted by Gasteiger charge is -2.71. The van der Waals surface area contributed by atoms with Gasteiger partial charge in [0.1, 0.15) is 12.2 Å².